The Balaban J connectivity index is 2.71. The predicted octanol–water partition coefficient (Wildman–Crippen LogP) is 1.58. The lowest BCUT2D eigenvalue weighted by Gasteiger charge is -2.05. The van der Waals surface area contributed by atoms with Crippen LogP contribution in [0.25, 0.3) is 0 Å². The summed E-state index contributed by atoms with van der Waals surface area (Å²) in [5.41, 5.74) is 2.01. The fourth-order valence-corrected chi connectivity index (χ4v) is 1.06. The molecule has 1 aromatic carbocycles. The SMILES string of the molecule is Cc1ccc(C(O)/C=C/CO)cc1. The molecular formula is C11H14O2. The maximum Gasteiger partial charge on any atom is 0.0972 e. The molecule has 2 N–H and O–H groups in total. The zero-order valence-electron chi connectivity index (χ0n) is 7.64. The van der Waals surface area contributed by atoms with Gasteiger partial charge in [0.2, 0.25) is 0 Å². The minimum atomic E-state index is -0.618. The monoisotopic (exact) mass is 178 g/mol. The van der Waals surface area contributed by atoms with Gasteiger partial charge < -0.3 is 10.2 Å². The second-order valence-electron chi connectivity index (χ2n) is 2.97. The summed E-state index contributed by atoms with van der Waals surface area (Å²) in [7, 11) is 0. The summed E-state index contributed by atoms with van der Waals surface area (Å²) in [5.74, 6) is 0. The zero-order chi connectivity index (χ0) is 9.68. The maximum atomic E-state index is 9.54. The van der Waals surface area contributed by atoms with Crippen molar-refractivity contribution in [1.82, 2.24) is 0 Å². The quantitative estimate of drug-likeness (QED) is 0.690. The number of hydrogen-bond donors (Lipinski definition) is 2. The van der Waals surface area contributed by atoms with Crippen molar-refractivity contribution in [2.24, 2.45) is 0 Å². The maximum absolute atomic E-state index is 9.54. The highest BCUT2D eigenvalue weighted by Crippen LogP contribution is 2.14. The Labute approximate surface area is 78.2 Å². The van der Waals surface area contributed by atoms with E-state index in [0.717, 1.165) is 5.56 Å². The van der Waals surface area contributed by atoms with Crippen molar-refractivity contribution < 1.29 is 10.2 Å². The largest absolute Gasteiger partial charge is 0.392 e. The third kappa shape index (κ3) is 3.01. The van der Waals surface area contributed by atoms with Crippen LogP contribution in [0.4, 0.5) is 0 Å². The smallest absolute Gasteiger partial charge is 0.0972 e. The van der Waals surface area contributed by atoms with Crippen LogP contribution in [0.1, 0.15) is 17.2 Å². The molecular weight excluding hydrogens is 164 g/mol. The topological polar surface area (TPSA) is 40.5 Å². The van der Waals surface area contributed by atoms with Crippen molar-refractivity contribution in [3.8, 4) is 0 Å². The number of hydrogen-bond acceptors (Lipinski definition) is 2. The van der Waals surface area contributed by atoms with E-state index in [1.807, 2.05) is 31.2 Å². The first-order chi connectivity index (χ1) is 6.24. The van der Waals surface area contributed by atoms with Crippen LogP contribution >= 0.6 is 0 Å². The molecule has 0 aliphatic carbocycles. The Bertz CT molecular complexity index is 275. The standard InChI is InChI=1S/C11H14O2/c1-9-4-6-10(7-5-9)11(13)3-2-8-12/h2-7,11-13H,8H2,1H3/b3-2+. The molecule has 1 aromatic rings. The molecule has 0 aromatic heterocycles. The van der Waals surface area contributed by atoms with Crippen molar-refractivity contribution in [2.75, 3.05) is 6.61 Å². The van der Waals surface area contributed by atoms with E-state index < -0.39 is 6.10 Å². The van der Waals surface area contributed by atoms with Gasteiger partial charge in [0.1, 0.15) is 0 Å². The van der Waals surface area contributed by atoms with E-state index in [4.69, 9.17) is 5.11 Å². The lowest BCUT2D eigenvalue weighted by molar-refractivity contribution is 0.227. The second kappa shape index (κ2) is 4.80. The molecule has 70 valence electrons. The van der Waals surface area contributed by atoms with Crippen LogP contribution in [0.15, 0.2) is 36.4 Å². The van der Waals surface area contributed by atoms with Gasteiger partial charge in [-0.1, -0.05) is 42.0 Å². The van der Waals surface area contributed by atoms with E-state index in [2.05, 4.69) is 0 Å². The van der Waals surface area contributed by atoms with Crippen molar-refractivity contribution in [3.63, 3.8) is 0 Å². The second-order valence-corrected chi connectivity index (χ2v) is 2.97. The van der Waals surface area contributed by atoms with E-state index in [9.17, 15) is 5.11 Å². The van der Waals surface area contributed by atoms with Crippen molar-refractivity contribution in [3.05, 3.63) is 47.5 Å². The van der Waals surface area contributed by atoms with E-state index in [-0.39, 0.29) is 6.61 Å². The fourth-order valence-electron chi connectivity index (χ4n) is 1.06. The molecule has 2 heteroatoms. The lowest BCUT2D eigenvalue weighted by atomic mass is 10.1. The van der Waals surface area contributed by atoms with Gasteiger partial charge in [-0.3, -0.25) is 0 Å². The molecule has 1 unspecified atom stereocenters. The lowest BCUT2D eigenvalue weighted by Crippen LogP contribution is -1.93. The van der Waals surface area contributed by atoms with Gasteiger partial charge in [0.15, 0.2) is 0 Å². The molecule has 2 nitrogen and oxygen atoms in total. The van der Waals surface area contributed by atoms with Gasteiger partial charge in [-0.2, -0.15) is 0 Å². The first-order valence-corrected chi connectivity index (χ1v) is 4.26. The van der Waals surface area contributed by atoms with Crippen molar-refractivity contribution >= 4 is 0 Å². The van der Waals surface area contributed by atoms with Crippen LogP contribution in [-0.4, -0.2) is 16.8 Å². The Morgan fingerprint density at radius 1 is 1.31 bits per heavy atom. The minimum absolute atomic E-state index is 0.0388. The van der Waals surface area contributed by atoms with Crippen LogP contribution in [0.3, 0.4) is 0 Å². The summed E-state index contributed by atoms with van der Waals surface area (Å²) in [5, 5.41) is 18.1. The summed E-state index contributed by atoms with van der Waals surface area (Å²) in [4.78, 5) is 0. The minimum Gasteiger partial charge on any atom is -0.392 e. The molecule has 0 saturated heterocycles. The van der Waals surface area contributed by atoms with Gasteiger partial charge in [0.05, 0.1) is 12.7 Å². The average Bonchev–Trinajstić information content (AvgIpc) is 2.15. The molecule has 0 fully saturated rings. The summed E-state index contributed by atoms with van der Waals surface area (Å²) < 4.78 is 0. The van der Waals surface area contributed by atoms with Gasteiger partial charge in [-0.25, -0.2) is 0 Å². The third-order valence-corrected chi connectivity index (χ3v) is 1.84. The highest BCUT2D eigenvalue weighted by molar-refractivity contribution is 5.25. The first kappa shape index (κ1) is 9.96. The van der Waals surface area contributed by atoms with Crippen LogP contribution in [0.5, 0.6) is 0 Å². The van der Waals surface area contributed by atoms with Gasteiger partial charge in [0.25, 0.3) is 0 Å². The summed E-state index contributed by atoms with van der Waals surface area (Å²) in [6.45, 7) is 1.96. The van der Waals surface area contributed by atoms with Gasteiger partial charge in [-0.15, -0.1) is 0 Å². The van der Waals surface area contributed by atoms with Crippen LogP contribution in [-0.2, 0) is 0 Å². The van der Waals surface area contributed by atoms with Crippen molar-refractivity contribution in [2.45, 2.75) is 13.0 Å². The van der Waals surface area contributed by atoms with Gasteiger partial charge >= 0.3 is 0 Å². The number of aliphatic hydroxyl groups is 2. The normalized spacial score (nSPS) is 13.5. The highest BCUT2D eigenvalue weighted by atomic mass is 16.3. The van der Waals surface area contributed by atoms with Gasteiger partial charge in [-0.05, 0) is 12.5 Å². The third-order valence-electron chi connectivity index (χ3n) is 1.84. The summed E-state index contributed by atoms with van der Waals surface area (Å²) >= 11 is 0. The molecule has 0 saturated carbocycles. The predicted molar refractivity (Wildman–Crippen MR) is 52.4 cm³/mol. The molecule has 0 spiro atoms. The number of benzene rings is 1. The highest BCUT2D eigenvalue weighted by Gasteiger charge is 2.00. The fraction of sp³-hybridized carbons (Fsp3) is 0.273. The van der Waals surface area contributed by atoms with Crippen molar-refractivity contribution in [1.29, 1.82) is 0 Å². The molecule has 0 bridgehead atoms. The van der Waals surface area contributed by atoms with E-state index in [1.165, 1.54) is 11.6 Å². The Morgan fingerprint density at radius 3 is 2.46 bits per heavy atom. The number of aliphatic hydroxyl groups excluding tert-OH is 2. The first-order valence-electron chi connectivity index (χ1n) is 4.26. The zero-order valence-corrected chi connectivity index (χ0v) is 7.64. The van der Waals surface area contributed by atoms with E-state index in [0.29, 0.717) is 0 Å². The molecule has 1 atom stereocenters. The van der Waals surface area contributed by atoms with Gasteiger partial charge in [0, 0.05) is 0 Å². The Hall–Kier alpha value is -1.12. The molecule has 0 aliphatic rings. The summed E-state index contributed by atoms with van der Waals surface area (Å²) in [6, 6.07) is 7.65. The molecule has 0 radical (unpaired) electrons. The van der Waals surface area contributed by atoms with E-state index >= 15 is 0 Å². The number of rotatable bonds is 3. The molecule has 0 amide bonds. The Kier molecular flexibility index (Phi) is 3.68. The van der Waals surface area contributed by atoms with E-state index in [1.54, 1.807) is 6.08 Å². The van der Waals surface area contributed by atoms with Crippen LogP contribution in [0.2, 0.25) is 0 Å². The van der Waals surface area contributed by atoms with Crippen LogP contribution < -0.4 is 0 Å². The summed E-state index contributed by atoms with van der Waals surface area (Å²) in [6.07, 6.45) is 2.49. The molecule has 1 rings (SSSR count). The molecule has 13 heavy (non-hydrogen) atoms. The number of aryl methyl sites for hydroxylation is 1. The molecule has 0 heterocycles. The van der Waals surface area contributed by atoms with Crippen LogP contribution in [0, 0.1) is 6.92 Å². The Morgan fingerprint density at radius 2 is 1.92 bits per heavy atom. The average molecular weight is 178 g/mol. The molecule has 0 aliphatic heterocycles.